The molecule has 0 N–H and O–H groups in total. The van der Waals surface area contributed by atoms with Crippen molar-refractivity contribution in [3.8, 4) is 5.82 Å². The molecule has 0 bridgehead atoms. The van der Waals surface area contributed by atoms with Crippen LogP contribution in [0.2, 0.25) is 0 Å². The number of hydrogen-bond acceptors (Lipinski definition) is 6. The number of halogens is 6. The molecule has 1 saturated heterocycles. The van der Waals surface area contributed by atoms with Crippen LogP contribution in [0.1, 0.15) is 29.4 Å². The van der Waals surface area contributed by atoms with Crippen LogP contribution in [0.15, 0.2) is 35.6 Å². The second-order valence-electron chi connectivity index (χ2n) is 8.78. The van der Waals surface area contributed by atoms with Crippen LogP contribution in [0.3, 0.4) is 0 Å². The third kappa shape index (κ3) is 4.87. The number of alkyl halides is 3. The standard InChI is InChI=1S/C23H20F6N8O/c1-13-8-19(23(27,28)29)33-36(13)20-17(26)12-30-21(32-20)34-4-6-35(7-5-34)22(38)37-18(2-3-31-37)14-9-15(24)11-16(25)10-14/h3,8-12,18H,2,4-7H2,1H3. The lowest BCUT2D eigenvalue weighted by molar-refractivity contribution is -0.141. The highest BCUT2D eigenvalue weighted by molar-refractivity contribution is 5.78. The van der Waals surface area contributed by atoms with E-state index in [1.807, 2.05) is 0 Å². The Labute approximate surface area is 212 Å². The van der Waals surface area contributed by atoms with Crippen LogP contribution in [0.5, 0.6) is 0 Å². The van der Waals surface area contributed by atoms with Gasteiger partial charge in [-0.3, -0.25) is 0 Å². The first-order chi connectivity index (χ1) is 18.0. The Morgan fingerprint density at radius 2 is 1.68 bits per heavy atom. The quantitative estimate of drug-likeness (QED) is 0.470. The summed E-state index contributed by atoms with van der Waals surface area (Å²) in [4.78, 5) is 24.4. The first kappa shape index (κ1) is 25.5. The van der Waals surface area contributed by atoms with E-state index in [1.165, 1.54) is 23.0 Å². The number of nitrogens with zero attached hydrogens (tertiary/aromatic N) is 8. The number of aryl methyl sites for hydroxylation is 1. The summed E-state index contributed by atoms with van der Waals surface area (Å²) in [6.45, 7) is 2.22. The van der Waals surface area contributed by atoms with E-state index in [1.54, 1.807) is 4.90 Å². The summed E-state index contributed by atoms with van der Waals surface area (Å²) in [5.41, 5.74) is -0.859. The second kappa shape index (κ2) is 9.61. The molecule has 1 unspecified atom stereocenters. The monoisotopic (exact) mass is 538 g/mol. The van der Waals surface area contributed by atoms with Gasteiger partial charge in [0.15, 0.2) is 17.3 Å². The van der Waals surface area contributed by atoms with Crippen LogP contribution in [0.4, 0.5) is 37.1 Å². The fourth-order valence-corrected chi connectivity index (χ4v) is 4.36. The van der Waals surface area contributed by atoms with E-state index >= 15 is 0 Å². The molecule has 4 heterocycles. The molecular weight excluding hydrogens is 518 g/mol. The van der Waals surface area contributed by atoms with E-state index in [0.717, 1.165) is 35.1 Å². The van der Waals surface area contributed by atoms with E-state index < -0.39 is 47.2 Å². The molecule has 3 aromatic rings. The van der Waals surface area contributed by atoms with Crippen molar-refractivity contribution in [2.75, 3.05) is 31.1 Å². The van der Waals surface area contributed by atoms with E-state index in [9.17, 15) is 31.1 Å². The van der Waals surface area contributed by atoms with Gasteiger partial charge in [0, 0.05) is 50.6 Å². The molecule has 9 nitrogen and oxygen atoms in total. The molecule has 5 rings (SSSR count). The lowest BCUT2D eigenvalue weighted by atomic mass is 10.0. The van der Waals surface area contributed by atoms with E-state index in [0.29, 0.717) is 6.42 Å². The molecule has 200 valence electrons. The molecule has 0 saturated carbocycles. The largest absolute Gasteiger partial charge is 0.435 e. The van der Waals surface area contributed by atoms with Crippen molar-refractivity contribution in [1.29, 1.82) is 0 Å². The van der Waals surface area contributed by atoms with Gasteiger partial charge in [-0.1, -0.05) is 0 Å². The normalized spacial score (nSPS) is 18.0. The number of rotatable bonds is 3. The summed E-state index contributed by atoms with van der Waals surface area (Å²) >= 11 is 0. The van der Waals surface area contributed by atoms with Gasteiger partial charge in [0.05, 0.1) is 12.2 Å². The average Bonchev–Trinajstić information content (AvgIpc) is 3.51. The molecule has 2 aliphatic rings. The van der Waals surface area contributed by atoms with Gasteiger partial charge < -0.3 is 9.80 Å². The summed E-state index contributed by atoms with van der Waals surface area (Å²) in [6, 6.07) is 2.73. The molecule has 0 radical (unpaired) electrons. The van der Waals surface area contributed by atoms with Crippen LogP contribution in [0, 0.1) is 24.4 Å². The Morgan fingerprint density at radius 1 is 1.00 bits per heavy atom. The predicted molar refractivity (Wildman–Crippen MR) is 122 cm³/mol. The molecule has 2 aliphatic heterocycles. The fourth-order valence-electron chi connectivity index (χ4n) is 4.36. The molecule has 1 aromatic carbocycles. The molecular formula is C23H20F6N8O. The molecule has 0 aliphatic carbocycles. The van der Waals surface area contributed by atoms with Gasteiger partial charge in [0.25, 0.3) is 0 Å². The van der Waals surface area contributed by atoms with Crippen molar-refractivity contribution < 1.29 is 31.1 Å². The maximum absolute atomic E-state index is 14.5. The Kier molecular flexibility index (Phi) is 6.44. The maximum Gasteiger partial charge on any atom is 0.435 e. The first-order valence-electron chi connectivity index (χ1n) is 11.5. The van der Waals surface area contributed by atoms with Crippen molar-refractivity contribution in [2.24, 2.45) is 5.10 Å². The summed E-state index contributed by atoms with van der Waals surface area (Å²) in [6.07, 6.45) is -2.06. The number of piperazine rings is 1. The van der Waals surface area contributed by atoms with Gasteiger partial charge in [-0.15, -0.1) is 0 Å². The van der Waals surface area contributed by atoms with Crippen molar-refractivity contribution >= 4 is 18.2 Å². The third-order valence-electron chi connectivity index (χ3n) is 6.22. The molecule has 1 atom stereocenters. The molecule has 0 spiro atoms. The van der Waals surface area contributed by atoms with Crippen molar-refractivity contribution in [3.05, 3.63) is 64.9 Å². The van der Waals surface area contributed by atoms with Crippen LogP contribution in [0.25, 0.3) is 5.82 Å². The van der Waals surface area contributed by atoms with Gasteiger partial charge in [0.2, 0.25) is 5.95 Å². The average molecular weight is 538 g/mol. The summed E-state index contributed by atoms with van der Waals surface area (Å²) < 4.78 is 81.8. The van der Waals surface area contributed by atoms with Gasteiger partial charge in [0.1, 0.15) is 11.6 Å². The highest BCUT2D eigenvalue weighted by atomic mass is 19.4. The van der Waals surface area contributed by atoms with E-state index in [-0.39, 0.29) is 43.4 Å². The zero-order valence-electron chi connectivity index (χ0n) is 19.8. The van der Waals surface area contributed by atoms with Gasteiger partial charge in [-0.05, 0) is 30.7 Å². The Balaban J connectivity index is 1.29. The molecule has 2 aromatic heterocycles. The van der Waals surface area contributed by atoms with Crippen molar-refractivity contribution in [2.45, 2.75) is 25.6 Å². The van der Waals surface area contributed by atoms with Gasteiger partial charge in [-0.25, -0.2) is 32.6 Å². The summed E-state index contributed by atoms with van der Waals surface area (Å²) in [7, 11) is 0. The third-order valence-corrected chi connectivity index (χ3v) is 6.22. The predicted octanol–water partition coefficient (Wildman–Crippen LogP) is 4.08. The minimum absolute atomic E-state index is 0.0372. The van der Waals surface area contributed by atoms with Crippen LogP contribution in [-0.4, -0.2) is 68.1 Å². The molecule has 38 heavy (non-hydrogen) atoms. The number of hydrazone groups is 1. The van der Waals surface area contributed by atoms with Crippen molar-refractivity contribution in [1.82, 2.24) is 29.7 Å². The van der Waals surface area contributed by atoms with Crippen LogP contribution in [-0.2, 0) is 6.18 Å². The van der Waals surface area contributed by atoms with E-state index in [2.05, 4.69) is 20.2 Å². The number of aromatic nitrogens is 4. The molecule has 15 heteroatoms. The number of carbonyl (C=O) groups excluding carboxylic acids is 1. The summed E-state index contributed by atoms with van der Waals surface area (Å²) in [5, 5.41) is 8.71. The Morgan fingerprint density at radius 3 is 2.32 bits per heavy atom. The number of amides is 2. The smallest absolute Gasteiger partial charge is 0.337 e. The highest BCUT2D eigenvalue weighted by Crippen LogP contribution is 2.31. The topological polar surface area (TPSA) is 82.8 Å². The number of hydrogen-bond donors (Lipinski definition) is 0. The lowest BCUT2D eigenvalue weighted by Crippen LogP contribution is -2.52. The van der Waals surface area contributed by atoms with Gasteiger partial charge >= 0.3 is 12.2 Å². The van der Waals surface area contributed by atoms with E-state index in [4.69, 9.17) is 0 Å². The lowest BCUT2D eigenvalue weighted by Gasteiger charge is -2.37. The summed E-state index contributed by atoms with van der Waals surface area (Å²) in [5.74, 6) is -2.84. The molecule has 1 fully saturated rings. The zero-order valence-corrected chi connectivity index (χ0v) is 19.8. The SMILES string of the molecule is Cc1cc(C(F)(F)F)nn1-c1nc(N2CCN(C(=O)N3N=CCC3c3cc(F)cc(F)c3)CC2)ncc1F. The fraction of sp³-hybridized carbons (Fsp3) is 0.348. The van der Waals surface area contributed by atoms with Gasteiger partial charge in [-0.2, -0.15) is 28.4 Å². The van der Waals surface area contributed by atoms with Crippen LogP contribution < -0.4 is 4.90 Å². The number of carbonyl (C=O) groups is 1. The maximum atomic E-state index is 14.5. The molecule has 2 amide bonds. The number of urea groups is 1. The second-order valence-corrected chi connectivity index (χ2v) is 8.78. The first-order valence-corrected chi connectivity index (χ1v) is 11.5. The zero-order chi connectivity index (χ0) is 27.2. The number of anilines is 1. The van der Waals surface area contributed by atoms with Crippen LogP contribution >= 0.6 is 0 Å². The Hall–Kier alpha value is -4.17. The van der Waals surface area contributed by atoms with Crippen molar-refractivity contribution in [3.63, 3.8) is 0 Å². The minimum Gasteiger partial charge on any atom is -0.337 e. The highest BCUT2D eigenvalue weighted by Gasteiger charge is 2.36. The minimum atomic E-state index is -4.70. The number of benzene rings is 1. The Bertz CT molecular complexity index is 1380.